The molecule has 0 radical (unpaired) electrons. The van der Waals surface area contributed by atoms with E-state index in [2.05, 4.69) is 11.2 Å². The number of sulfone groups is 1. The lowest BCUT2D eigenvalue weighted by atomic mass is 10.3. The van der Waals surface area contributed by atoms with Gasteiger partial charge in [-0.15, -0.1) is 6.42 Å². The molecule has 2 rings (SSSR count). The molecule has 3 nitrogen and oxygen atoms in total. The largest absolute Gasteiger partial charge is 0.374 e. The van der Waals surface area contributed by atoms with Crippen molar-refractivity contribution < 1.29 is 8.42 Å². The Morgan fingerprint density at radius 3 is 2.11 bits per heavy atom. The highest BCUT2D eigenvalue weighted by Gasteiger charge is 2.16. The first kappa shape index (κ1) is 13.2. The van der Waals surface area contributed by atoms with Gasteiger partial charge in [-0.25, -0.2) is 8.42 Å². The predicted octanol–water partition coefficient (Wildman–Crippen LogP) is 2.56. The Morgan fingerprint density at radius 2 is 1.53 bits per heavy atom. The predicted molar refractivity (Wildman–Crippen MR) is 75.7 cm³/mol. The average molecular weight is 271 g/mol. The summed E-state index contributed by atoms with van der Waals surface area (Å²) in [4.78, 5) is 0.560. The molecule has 96 valence electrons. The van der Waals surface area contributed by atoms with E-state index >= 15 is 0 Å². The maximum Gasteiger partial charge on any atom is 0.206 e. The first-order valence-corrected chi connectivity index (χ1v) is 7.20. The first-order valence-electron chi connectivity index (χ1n) is 5.72. The van der Waals surface area contributed by atoms with Crippen molar-refractivity contribution in [2.45, 2.75) is 9.79 Å². The molecule has 4 heteroatoms. The highest BCUT2D eigenvalue weighted by atomic mass is 32.2. The SMILES string of the molecule is C#CCNc1ccc(S(=O)(=O)c2ccccc2)cc1. The minimum Gasteiger partial charge on any atom is -0.374 e. The van der Waals surface area contributed by atoms with Gasteiger partial charge in [0.1, 0.15) is 0 Å². The third-order valence-electron chi connectivity index (χ3n) is 2.61. The summed E-state index contributed by atoms with van der Waals surface area (Å²) < 4.78 is 24.6. The molecular weight excluding hydrogens is 258 g/mol. The van der Waals surface area contributed by atoms with Crippen LogP contribution in [0.15, 0.2) is 64.4 Å². The fraction of sp³-hybridized carbons (Fsp3) is 0.0667. The highest BCUT2D eigenvalue weighted by Crippen LogP contribution is 2.21. The van der Waals surface area contributed by atoms with E-state index in [0.717, 1.165) is 5.69 Å². The standard InChI is InChI=1S/C15H13NO2S/c1-2-12-16-13-8-10-15(11-9-13)19(17,18)14-6-4-3-5-7-14/h1,3-11,16H,12H2. The molecule has 2 aromatic rings. The van der Waals surface area contributed by atoms with E-state index in [1.807, 2.05) is 0 Å². The van der Waals surface area contributed by atoms with Crippen molar-refractivity contribution in [3.63, 3.8) is 0 Å². The molecule has 1 N–H and O–H groups in total. The summed E-state index contributed by atoms with van der Waals surface area (Å²) in [5, 5.41) is 2.98. The topological polar surface area (TPSA) is 46.2 Å². The molecule has 0 saturated heterocycles. The Morgan fingerprint density at radius 1 is 0.947 bits per heavy atom. The van der Waals surface area contributed by atoms with Gasteiger partial charge in [0.25, 0.3) is 0 Å². The molecule has 2 aromatic carbocycles. The Bertz CT molecular complexity index is 683. The normalized spacial score (nSPS) is 10.7. The number of nitrogens with one attached hydrogen (secondary N) is 1. The molecule has 0 aromatic heterocycles. The van der Waals surface area contributed by atoms with Gasteiger partial charge < -0.3 is 5.32 Å². The molecule has 0 heterocycles. The lowest BCUT2D eigenvalue weighted by Gasteiger charge is -2.06. The van der Waals surface area contributed by atoms with E-state index < -0.39 is 9.84 Å². The number of terminal acetylenes is 1. The monoisotopic (exact) mass is 271 g/mol. The Labute approximate surface area is 113 Å². The zero-order chi connectivity index (χ0) is 13.7. The van der Waals surface area contributed by atoms with Crippen molar-refractivity contribution in [2.24, 2.45) is 0 Å². The third kappa shape index (κ3) is 2.95. The molecule has 0 aliphatic heterocycles. The summed E-state index contributed by atoms with van der Waals surface area (Å²) in [5.41, 5.74) is 0.796. The lowest BCUT2D eigenvalue weighted by Crippen LogP contribution is -2.03. The quantitative estimate of drug-likeness (QED) is 0.869. The molecule has 0 bridgehead atoms. The summed E-state index contributed by atoms with van der Waals surface area (Å²) in [7, 11) is -3.44. The second-order valence-corrected chi connectivity index (χ2v) is 5.85. The summed E-state index contributed by atoms with van der Waals surface area (Å²) in [5.74, 6) is 2.46. The number of benzene rings is 2. The molecular formula is C15H13NO2S. The number of hydrogen-bond donors (Lipinski definition) is 1. The van der Waals surface area contributed by atoms with Crippen molar-refractivity contribution in [2.75, 3.05) is 11.9 Å². The maximum absolute atomic E-state index is 12.3. The van der Waals surface area contributed by atoms with Crippen LogP contribution < -0.4 is 5.32 Å². The Kier molecular flexibility index (Phi) is 3.88. The van der Waals surface area contributed by atoms with E-state index in [9.17, 15) is 8.42 Å². The van der Waals surface area contributed by atoms with Gasteiger partial charge in [-0.3, -0.25) is 0 Å². The second-order valence-electron chi connectivity index (χ2n) is 3.90. The van der Waals surface area contributed by atoms with Crippen LogP contribution in [0.2, 0.25) is 0 Å². The van der Waals surface area contributed by atoms with Crippen molar-refractivity contribution in [1.82, 2.24) is 0 Å². The summed E-state index contributed by atoms with van der Waals surface area (Å²) in [6, 6.07) is 14.9. The Hall–Kier alpha value is -2.25. The van der Waals surface area contributed by atoms with Gasteiger partial charge in [0.15, 0.2) is 0 Å². The molecule has 19 heavy (non-hydrogen) atoms. The van der Waals surface area contributed by atoms with Gasteiger partial charge in [0, 0.05) is 5.69 Å². The van der Waals surface area contributed by atoms with Crippen LogP contribution in [0, 0.1) is 12.3 Å². The van der Waals surface area contributed by atoms with Crippen LogP contribution in [0.5, 0.6) is 0 Å². The maximum atomic E-state index is 12.3. The average Bonchev–Trinajstić information content (AvgIpc) is 2.46. The van der Waals surface area contributed by atoms with E-state index in [1.165, 1.54) is 0 Å². The molecule has 0 amide bonds. The molecule has 0 saturated carbocycles. The van der Waals surface area contributed by atoms with E-state index in [0.29, 0.717) is 11.4 Å². The van der Waals surface area contributed by atoms with Gasteiger partial charge >= 0.3 is 0 Å². The van der Waals surface area contributed by atoms with Crippen LogP contribution in [0.1, 0.15) is 0 Å². The minimum absolute atomic E-state index is 0.268. The van der Waals surface area contributed by atoms with Crippen LogP contribution >= 0.6 is 0 Å². The zero-order valence-electron chi connectivity index (χ0n) is 10.2. The number of rotatable bonds is 4. The van der Waals surface area contributed by atoms with Gasteiger partial charge in [-0.1, -0.05) is 24.1 Å². The molecule has 0 aliphatic rings. The molecule has 0 aliphatic carbocycles. The minimum atomic E-state index is -3.44. The first-order chi connectivity index (χ1) is 9.14. The van der Waals surface area contributed by atoms with Crippen molar-refractivity contribution in [3.05, 3.63) is 54.6 Å². The fourth-order valence-electron chi connectivity index (χ4n) is 1.64. The molecule has 0 unspecified atom stereocenters. The number of anilines is 1. The molecule has 0 spiro atoms. The second kappa shape index (κ2) is 5.59. The van der Waals surface area contributed by atoms with Crippen LogP contribution in [-0.4, -0.2) is 15.0 Å². The van der Waals surface area contributed by atoms with Gasteiger partial charge in [0.2, 0.25) is 9.84 Å². The highest BCUT2D eigenvalue weighted by molar-refractivity contribution is 7.91. The fourth-order valence-corrected chi connectivity index (χ4v) is 2.92. The summed E-state index contributed by atoms with van der Waals surface area (Å²) in [6.07, 6.45) is 5.14. The summed E-state index contributed by atoms with van der Waals surface area (Å²) in [6.45, 7) is 0.408. The van der Waals surface area contributed by atoms with E-state index in [4.69, 9.17) is 6.42 Å². The lowest BCUT2D eigenvalue weighted by molar-refractivity contribution is 0.596. The van der Waals surface area contributed by atoms with Crippen molar-refractivity contribution in [3.8, 4) is 12.3 Å². The van der Waals surface area contributed by atoms with Crippen molar-refractivity contribution in [1.29, 1.82) is 0 Å². The zero-order valence-corrected chi connectivity index (χ0v) is 11.0. The van der Waals surface area contributed by atoms with Crippen LogP contribution in [0.4, 0.5) is 5.69 Å². The number of hydrogen-bond acceptors (Lipinski definition) is 3. The molecule has 0 fully saturated rings. The third-order valence-corrected chi connectivity index (χ3v) is 4.40. The van der Waals surface area contributed by atoms with Crippen LogP contribution in [0.25, 0.3) is 0 Å². The van der Waals surface area contributed by atoms with Gasteiger partial charge in [-0.2, -0.15) is 0 Å². The van der Waals surface area contributed by atoms with Crippen molar-refractivity contribution >= 4 is 15.5 Å². The summed E-state index contributed by atoms with van der Waals surface area (Å²) >= 11 is 0. The smallest absolute Gasteiger partial charge is 0.206 e. The van der Waals surface area contributed by atoms with E-state index in [1.54, 1.807) is 54.6 Å². The Balaban J connectivity index is 2.30. The van der Waals surface area contributed by atoms with Gasteiger partial charge in [0.05, 0.1) is 16.3 Å². The van der Waals surface area contributed by atoms with Gasteiger partial charge in [-0.05, 0) is 36.4 Å². The van der Waals surface area contributed by atoms with E-state index in [-0.39, 0.29) is 4.90 Å². The molecule has 0 atom stereocenters. The van der Waals surface area contributed by atoms with Crippen LogP contribution in [-0.2, 0) is 9.84 Å². The van der Waals surface area contributed by atoms with Crippen LogP contribution in [0.3, 0.4) is 0 Å².